The third-order valence-electron chi connectivity index (χ3n) is 3.88. The van der Waals surface area contributed by atoms with Gasteiger partial charge < -0.3 is 0 Å². The maximum atomic E-state index is 12.8. The van der Waals surface area contributed by atoms with E-state index >= 15 is 0 Å². The quantitative estimate of drug-likeness (QED) is 0.871. The Morgan fingerprint density at radius 3 is 2.25 bits per heavy atom. The van der Waals surface area contributed by atoms with E-state index < -0.39 is 20.0 Å². The number of rotatable bonds is 4. The second-order valence-corrected chi connectivity index (χ2v) is 9.46. The largest absolute Gasteiger partial charge is 0.266 e. The number of anilines is 1. The molecule has 0 saturated carbocycles. The molecule has 0 atom stereocenters. The normalized spacial score (nSPS) is 14.7. The maximum Gasteiger partial charge on any atom is 0.264 e. The summed E-state index contributed by atoms with van der Waals surface area (Å²) in [5.41, 5.74) is 1.18. The van der Waals surface area contributed by atoms with Crippen LogP contribution < -0.4 is 9.03 Å². The molecule has 0 aliphatic carbocycles. The van der Waals surface area contributed by atoms with Crippen molar-refractivity contribution >= 4 is 37.3 Å². The lowest BCUT2D eigenvalue weighted by atomic mass is 10.2. The highest BCUT2D eigenvalue weighted by atomic mass is 35.5. The van der Waals surface area contributed by atoms with Crippen molar-refractivity contribution in [3.8, 4) is 0 Å². The monoisotopic (exact) mass is 386 g/mol. The third kappa shape index (κ3) is 2.90. The van der Waals surface area contributed by atoms with Crippen LogP contribution in [0.1, 0.15) is 5.56 Å². The van der Waals surface area contributed by atoms with E-state index in [0.717, 1.165) is 0 Å². The van der Waals surface area contributed by atoms with Crippen molar-refractivity contribution in [2.45, 2.75) is 16.2 Å². The van der Waals surface area contributed by atoms with Crippen LogP contribution in [-0.4, -0.2) is 30.4 Å². The molecule has 1 aliphatic heterocycles. The van der Waals surface area contributed by atoms with Crippen LogP contribution in [-0.2, 0) is 26.5 Å². The molecular weight excluding hydrogens is 372 g/mol. The van der Waals surface area contributed by atoms with Crippen molar-refractivity contribution < 1.29 is 16.8 Å². The molecule has 24 heavy (non-hydrogen) atoms. The highest BCUT2D eigenvalue weighted by molar-refractivity contribution is 7.92. The molecule has 0 unspecified atom stereocenters. The van der Waals surface area contributed by atoms with Crippen LogP contribution in [0, 0.1) is 0 Å². The van der Waals surface area contributed by atoms with Crippen LogP contribution in [0.2, 0.25) is 5.02 Å². The van der Waals surface area contributed by atoms with Crippen LogP contribution in [0.3, 0.4) is 0 Å². The van der Waals surface area contributed by atoms with Gasteiger partial charge in [-0.05, 0) is 61.5 Å². The molecule has 0 saturated heterocycles. The summed E-state index contributed by atoms with van der Waals surface area (Å²) < 4.78 is 52.9. The van der Waals surface area contributed by atoms with E-state index in [2.05, 4.69) is 4.72 Å². The Morgan fingerprint density at radius 1 is 1.00 bits per heavy atom. The number of nitrogens with one attached hydrogen (secondary N) is 1. The van der Waals surface area contributed by atoms with Crippen molar-refractivity contribution in [2.24, 2.45) is 0 Å². The van der Waals surface area contributed by atoms with Crippen molar-refractivity contribution in [3.63, 3.8) is 0 Å². The molecule has 9 heteroatoms. The Bertz CT molecular complexity index is 987. The fraction of sp³-hybridized carbons (Fsp3) is 0.200. The first-order chi connectivity index (χ1) is 11.3. The number of hydrogen-bond acceptors (Lipinski definition) is 4. The highest BCUT2D eigenvalue weighted by Crippen LogP contribution is 2.34. The summed E-state index contributed by atoms with van der Waals surface area (Å²) in [4.78, 5) is 0.265. The number of nitrogens with zero attached hydrogens (tertiary/aromatic N) is 1. The van der Waals surface area contributed by atoms with E-state index in [0.29, 0.717) is 22.7 Å². The minimum atomic E-state index is -3.71. The SMILES string of the molecule is CNS(=O)(=O)c1ccc2c(c1)CCN2S(=O)(=O)c1ccc(Cl)cc1. The molecule has 128 valence electrons. The van der Waals surface area contributed by atoms with E-state index in [-0.39, 0.29) is 16.3 Å². The zero-order chi connectivity index (χ0) is 17.5. The van der Waals surface area contributed by atoms with E-state index in [1.807, 2.05) is 0 Å². The Hall–Kier alpha value is -1.61. The summed E-state index contributed by atoms with van der Waals surface area (Å²) >= 11 is 5.81. The average Bonchev–Trinajstić information content (AvgIpc) is 2.99. The van der Waals surface area contributed by atoms with Crippen LogP contribution in [0.5, 0.6) is 0 Å². The highest BCUT2D eigenvalue weighted by Gasteiger charge is 2.31. The number of benzene rings is 2. The summed E-state index contributed by atoms with van der Waals surface area (Å²) in [7, 11) is -5.94. The van der Waals surface area contributed by atoms with E-state index in [4.69, 9.17) is 11.6 Å². The van der Waals surface area contributed by atoms with Crippen molar-refractivity contribution in [1.82, 2.24) is 4.72 Å². The van der Waals surface area contributed by atoms with Gasteiger partial charge in [-0.1, -0.05) is 11.6 Å². The predicted molar refractivity (Wildman–Crippen MR) is 92.4 cm³/mol. The first kappa shape index (κ1) is 17.2. The molecule has 0 amide bonds. The molecule has 1 aliphatic rings. The van der Waals surface area contributed by atoms with Gasteiger partial charge in [-0.25, -0.2) is 21.6 Å². The van der Waals surface area contributed by atoms with Gasteiger partial charge in [-0.3, -0.25) is 4.31 Å². The van der Waals surface area contributed by atoms with Gasteiger partial charge in [-0.2, -0.15) is 0 Å². The molecular formula is C15H15ClN2O4S2. The topological polar surface area (TPSA) is 83.6 Å². The molecule has 1 heterocycles. The smallest absolute Gasteiger partial charge is 0.264 e. The second-order valence-electron chi connectivity index (χ2n) is 5.28. The molecule has 0 aromatic heterocycles. The average molecular weight is 387 g/mol. The van der Waals surface area contributed by atoms with Crippen molar-refractivity contribution in [3.05, 3.63) is 53.1 Å². The number of fused-ring (bicyclic) bond motifs is 1. The first-order valence-corrected chi connectivity index (χ1v) is 10.4. The number of halogens is 1. The molecule has 1 N–H and O–H groups in total. The van der Waals surface area contributed by atoms with E-state index in [1.54, 1.807) is 0 Å². The number of hydrogen-bond donors (Lipinski definition) is 1. The summed E-state index contributed by atoms with van der Waals surface area (Å²) in [5, 5.41) is 0.456. The number of sulfonamides is 2. The fourth-order valence-electron chi connectivity index (χ4n) is 2.62. The Morgan fingerprint density at radius 2 is 1.62 bits per heavy atom. The van der Waals surface area contributed by atoms with Gasteiger partial charge in [0.1, 0.15) is 0 Å². The fourth-order valence-corrected chi connectivity index (χ4v) is 5.03. The van der Waals surface area contributed by atoms with Crippen LogP contribution in [0.4, 0.5) is 5.69 Å². The molecule has 6 nitrogen and oxygen atoms in total. The zero-order valence-electron chi connectivity index (χ0n) is 12.7. The van der Waals surface area contributed by atoms with Gasteiger partial charge in [0.05, 0.1) is 15.5 Å². The van der Waals surface area contributed by atoms with Gasteiger partial charge in [0, 0.05) is 11.6 Å². The third-order valence-corrected chi connectivity index (χ3v) is 7.38. The minimum Gasteiger partial charge on any atom is -0.266 e. The van der Waals surface area contributed by atoms with Gasteiger partial charge in [0.2, 0.25) is 10.0 Å². The van der Waals surface area contributed by atoms with Crippen LogP contribution in [0.15, 0.2) is 52.3 Å². The second kappa shape index (κ2) is 6.03. The Kier molecular flexibility index (Phi) is 4.33. The molecule has 0 bridgehead atoms. The summed E-state index contributed by atoms with van der Waals surface area (Å²) in [5.74, 6) is 0. The predicted octanol–water partition coefficient (Wildman–Crippen LogP) is 2.00. The molecule has 0 spiro atoms. The minimum absolute atomic E-state index is 0.120. The lowest BCUT2D eigenvalue weighted by molar-refractivity contribution is 0.587. The van der Waals surface area contributed by atoms with Crippen molar-refractivity contribution in [1.29, 1.82) is 0 Å². The zero-order valence-corrected chi connectivity index (χ0v) is 15.1. The maximum absolute atomic E-state index is 12.8. The Labute approximate surface area is 146 Å². The summed E-state index contributed by atoms with van der Waals surface area (Å²) in [6, 6.07) is 10.4. The summed E-state index contributed by atoms with van der Waals surface area (Å²) in [6.07, 6.45) is 0.454. The van der Waals surface area contributed by atoms with Gasteiger partial charge >= 0.3 is 0 Å². The molecule has 0 radical (unpaired) electrons. The molecule has 2 aromatic carbocycles. The van der Waals surface area contributed by atoms with E-state index in [9.17, 15) is 16.8 Å². The van der Waals surface area contributed by atoms with Crippen LogP contribution in [0.25, 0.3) is 0 Å². The Balaban J connectivity index is 2.02. The first-order valence-electron chi connectivity index (χ1n) is 7.10. The molecule has 3 rings (SSSR count). The standard InChI is InChI=1S/C15H15ClN2O4S2/c1-17-23(19,20)14-6-7-15-11(10-14)8-9-18(15)24(21,22)13-4-2-12(16)3-5-13/h2-7,10,17H,8-9H2,1H3. The van der Waals surface area contributed by atoms with Gasteiger partial charge in [-0.15, -0.1) is 0 Å². The lowest BCUT2D eigenvalue weighted by Crippen LogP contribution is -2.29. The van der Waals surface area contributed by atoms with Gasteiger partial charge in [0.15, 0.2) is 0 Å². The lowest BCUT2D eigenvalue weighted by Gasteiger charge is -2.19. The molecule has 0 fully saturated rings. The van der Waals surface area contributed by atoms with Crippen LogP contribution >= 0.6 is 11.6 Å². The molecule has 2 aromatic rings. The van der Waals surface area contributed by atoms with E-state index in [1.165, 1.54) is 53.8 Å². The van der Waals surface area contributed by atoms with Crippen molar-refractivity contribution in [2.75, 3.05) is 17.9 Å². The van der Waals surface area contributed by atoms with Gasteiger partial charge in [0.25, 0.3) is 10.0 Å². The summed E-state index contributed by atoms with van der Waals surface area (Å²) in [6.45, 7) is 0.267.